The number of hydrogen-bond donors (Lipinski definition) is 1. The number of hydrogen-bond acceptors (Lipinski definition) is 5. The summed E-state index contributed by atoms with van der Waals surface area (Å²) in [5.74, 6) is 1.25. The highest BCUT2D eigenvalue weighted by Crippen LogP contribution is 2.24. The van der Waals surface area contributed by atoms with Gasteiger partial charge in [-0.25, -0.2) is 9.97 Å². The molecular weight excluding hydrogens is 298 g/mol. The molecule has 0 spiro atoms. The number of thiophene rings is 1. The van der Waals surface area contributed by atoms with E-state index in [4.69, 9.17) is 4.42 Å². The molecule has 0 aliphatic rings. The van der Waals surface area contributed by atoms with Crippen molar-refractivity contribution in [1.29, 1.82) is 0 Å². The summed E-state index contributed by atoms with van der Waals surface area (Å²) in [5.41, 5.74) is 2.65. The van der Waals surface area contributed by atoms with Gasteiger partial charge in [0.05, 0.1) is 28.1 Å². The van der Waals surface area contributed by atoms with Crippen LogP contribution in [0, 0.1) is 0 Å². The van der Waals surface area contributed by atoms with Crippen LogP contribution >= 0.6 is 11.3 Å². The summed E-state index contributed by atoms with van der Waals surface area (Å²) in [7, 11) is 0. The average Bonchev–Trinajstić information content (AvgIpc) is 3.27. The first-order chi connectivity index (χ1) is 10.8. The number of nitrogens with zero attached hydrogens (tertiary/aromatic N) is 3. The molecule has 3 aromatic heterocycles. The van der Waals surface area contributed by atoms with Gasteiger partial charge in [0, 0.05) is 0 Å². The summed E-state index contributed by atoms with van der Waals surface area (Å²) in [6, 6.07) is 11.8. The molecule has 0 amide bonds. The molecule has 0 radical (unpaired) electrons. The minimum absolute atomic E-state index is 0.107. The zero-order valence-corrected chi connectivity index (χ0v) is 12.5. The molecule has 0 bridgehead atoms. The van der Waals surface area contributed by atoms with Crippen LogP contribution in [0.25, 0.3) is 21.8 Å². The first-order valence-electron chi connectivity index (χ1n) is 6.88. The first kappa shape index (κ1) is 13.2. The predicted molar refractivity (Wildman–Crippen MR) is 84.6 cm³/mol. The molecule has 1 N–H and O–H groups in total. The third-order valence-electron chi connectivity index (χ3n) is 3.48. The van der Waals surface area contributed by atoms with Gasteiger partial charge in [-0.3, -0.25) is 0 Å². The Morgan fingerprint density at radius 2 is 2.05 bits per heavy atom. The van der Waals surface area contributed by atoms with Crippen molar-refractivity contribution in [2.24, 2.45) is 0 Å². The van der Waals surface area contributed by atoms with Crippen LogP contribution in [0.1, 0.15) is 11.5 Å². The highest BCUT2D eigenvalue weighted by Gasteiger charge is 2.13. The maximum atomic E-state index is 9.53. The summed E-state index contributed by atoms with van der Waals surface area (Å²) in [4.78, 5) is 9.97. The van der Waals surface area contributed by atoms with Crippen LogP contribution in [-0.4, -0.2) is 19.6 Å². The number of rotatable bonds is 4. The van der Waals surface area contributed by atoms with Crippen molar-refractivity contribution in [1.82, 2.24) is 14.5 Å². The lowest BCUT2D eigenvalue weighted by Gasteiger charge is -2.04. The number of oxazole rings is 1. The van der Waals surface area contributed by atoms with E-state index in [9.17, 15) is 5.11 Å². The molecule has 4 aromatic rings. The monoisotopic (exact) mass is 311 g/mol. The van der Waals surface area contributed by atoms with Crippen molar-refractivity contribution < 1.29 is 9.52 Å². The van der Waals surface area contributed by atoms with E-state index in [1.165, 1.54) is 0 Å². The van der Waals surface area contributed by atoms with Gasteiger partial charge < -0.3 is 14.1 Å². The van der Waals surface area contributed by atoms with Crippen LogP contribution in [0.4, 0.5) is 0 Å². The minimum atomic E-state index is -0.107. The fourth-order valence-corrected chi connectivity index (χ4v) is 3.13. The van der Waals surface area contributed by atoms with Crippen LogP contribution in [0.2, 0.25) is 0 Å². The molecule has 6 heteroatoms. The van der Waals surface area contributed by atoms with Gasteiger partial charge in [0.25, 0.3) is 0 Å². The van der Waals surface area contributed by atoms with Gasteiger partial charge in [-0.2, -0.15) is 0 Å². The Balaban J connectivity index is 1.72. The second-order valence-electron chi connectivity index (χ2n) is 4.88. The van der Waals surface area contributed by atoms with Crippen LogP contribution in [0.5, 0.6) is 0 Å². The molecule has 5 nitrogen and oxygen atoms in total. The van der Waals surface area contributed by atoms with Gasteiger partial charge in [-0.05, 0) is 23.6 Å². The normalized spacial score (nSPS) is 11.3. The Bertz CT molecular complexity index is 909. The number of fused-ring (bicyclic) bond motifs is 1. The van der Waals surface area contributed by atoms with E-state index in [0.29, 0.717) is 18.3 Å². The second kappa shape index (κ2) is 5.40. The number of benzene rings is 1. The van der Waals surface area contributed by atoms with Gasteiger partial charge in [0.1, 0.15) is 18.7 Å². The van der Waals surface area contributed by atoms with E-state index in [0.717, 1.165) is 21.6 Å². The summed E-state index contributed by atoms with van der Waals surface area (Å²) in [6.45, 7) is 0.412. The third-order valence-corrected chi connectivity index (χ3v) is 4.34. The van der Waals surface area contributed by atoms with Crippen molar-refractivity contribution >= 4 is 22.4 Å². The van der Waals surface area contributed by atoms with Crippen molar-refractivity contribution in [3.05, 3.63) is 59.6 Å². The lowest BCUT2D eigenvalue weighted by atomic mass is 10.3. The Morgan fingerprint density at radius 3 is 2.86 bits per heavy atom. The first-order valence-corrected chi connectivity index (χ1v) is 7.76. The van der Waals surface area contributed by atoms with Crippen molar-refractivity contribution in [3.8, 4) is 10.8 Å². The van der Waals surface area contributed by atoms with E-state index < -0.39 is 0 Å². The predicted octanol–water partition coefficient (Wildman–Crippen LogP) is 3.29. The van der Waals surface area contributed by atoms with Crippen LogP contribution in [0.3, 0.4) is 0 Å². The SMILES string of the molecule is OCc1nc2ccccc2n1Cc1coc(-c2cccs2)n1. The molecule has 22 heavy (non-hydrogen) atoms. The molecule has 0 atom stereocenters. The molecule has 0 saturated carbocycles. The van der Waals surface area contributed by atoms with Gasteiger partial charge in [0.15, 0.2) is 0 Å². The standard InChI is InChI=1S/C16H13N3O2S/c20-9-15-18-12-4-1-2-5-13(12)19(15)8-11-10-21-16(17-11)14-6-3-7-22-14/h1-7,10,20H,8-9H2. The highest BCUT2D eigenvalue weighted by atomic mass is 32.1. The van der Waals surface area contributed by atoms with E-state index in [1.807, 2.05) is 46.3 Å². The van der Waals surface area contributed by atoms with E-state index >= 15 is 0 Å². The molecule has 0 saturated heterocycles. The molecule has 1 aromatic carbocycles. The number of aliphatic hydroxyl groups is 1. The number of aliphatic hydroxyl groups excluding tert-OH is 1. The Kier molecular flexibility index (Phi) is 3.25. The molecule has 0 aliphatic carbocycles. The smallest absolute Gasteiger partial charge is 0.236 e. The summed E-state index contributed by atoms with van der Waals surface area (Å²) >= 11 is 1.59. The molecule has 3 heterocycles. The van der Waals surface area contributed by atoms with E-state index in [-0.39, 0.29) is 6.61 Å². The fourth-order valence-electron chi connectivity index (χ4n) is 2.48. The lowest BCUT2D eigenvalue weighted by Crippen LogP contribution is -2.05. The molecule has 0 aliphatic heterocycles. The Hall–Kier alpha value is -2.44. The van der Waals surface area contributed by atoms with Crippen LogP contribution < -0.4 is 0 Å². The largest absolute Gasteiger partial charge is 0.443 e. The third kappa shape index (κ3) is 2.22. The van der Waals surface area contributed by atoms with Crippen molar-refractivity contribution in [3.63, 3.8) is 0 Å². The van der Waals surface area contributed by atoms with Gasteiger partial charge >= 0.3 is 0 Å². The van der Waals surface area contributed by atoms with Crippen LogP contribution in [0.15, 0.2) is 52.5 Å². The second-order valence-corrected chi connectivity index (χ2v) is 5.83. The summed E-state index contributed by atoms with van der Waals surface area (Å²) < 4.78 is 7.51. The molecule has 0 unspecified atom stereocenters. The minimum Gasteiger partial charge on any atom is -0.443 e. The molecule has 4 rings (SSSR count). The highest BCUT2D eigenvalue weighted by molar-refractivity contribution is 7.13. The average molecular weight is 311 g/mol. The zero-order chi connectivity index (χ0) is 14.9. The van der Waals surface area contributed by atoms with Gasteiger partial charge in [-0.1, -0.05) is 18.2 Å². The zero-order valence-electron chi connectivity index (χ0n) is 11.6. The maximum absolute atomic E-state index is 9.53. The fraction of sp³-hybridized carbons (Fsp3) is 0.125. The molecule has 0 fully saturated rings. The van der Waals surface area contributed by atoms with E-state index in [1.54, 1.807) is 17.6 Å². The van der Waals surface area contributed by atoms with Crippen LogP contribution in [-0.2, 0) is 13.2 Å². The molecule has 110 valence electrons. The summed E-state index contributed by atoms with van der Waals surface area (Å²) in [5, 5.41) is 11.5. The van der Waals surface area contributed by atoms with Crippen molar-refractivity contribution in [2.75, 3.05) is 0 Å². The number of imidazole rings is 1. The Morgan fingerprint density at radius 1 is 1.14 bits per heavy atom. The van der Waals surface area contributed by atoms with Crippen molar-refractivity contribution in [2.45, 2.75) is 13.2 Å². The van der Waals surface area contributed by atoms with Gasteiger partial charge in [-0.15, -0.1) is 11.3 Å². The summed E-state index contributed by atoms with van der Waals surface area (Å²) in [6.07, 6.45) is 1.66. The maximum Gasteiger partial charge on any atom is 0.236 e. The topological polar surface area (TPSA) is 64.1 Å². The number of para-hydroxylation sites is 2. The lowest BCUT2D eigenvalue weighted by molar-refractivity contribution is 0.267. The Labute approximate surface area is 130 Å². The molecular formula is C16H13N3O2S. The quantitative estimate of drug-likeness (QED) is 0.628. The number of aromatic nitrogens is 3. The van der Waals surface area contributed by atoms with Gasteiger partial charge in [0.2, 0.25) is 5.89 Å². The van der Waals surface area contributed by atoms with E-state index in [2.05, 4.69) is 9.97 Å².